The predicted molar refractivity (Wildman–Crippen MR) is 110 cm³/mol. The summed E-state index contributed by atoms with van der Waals surface area (Å²) >= 11 is 6.99. The summed E-state index contributed by atoms with van der Waals surface area (Å²) in [6.07, 6.45) is -2.97. The van der Waals surface area contributed by atoms with Gasteiger partial charge in [-0.1, -0.05) is 23.9 Å². The minimum Gasteiger partial charge on any atom is -0.340 e. The molecule has 0 bridgehead atoms. The van der Waals surface area contributed by atoms with Crippen LogP contribution in [-0.4, -0.2) is 31.5 Å². The van der Waals surface area contributed by atoms with Crippen LogP contribution in [0.3, 0.4) is 0 Å². The van der Waals surface area contributed by atoms with E-state index in [-0.39, 0.29) is 6.03 Å². The van der Waals surface area contributed by atoms with Gasteiger partial charge in [0.25, 0.3) is 0 Å². The highest BCUT2D eigenvalue weighted by Gasteiger charge is 2.33. The molecule has 0 radical (unpaired) electrons. The summed E-state index contributed by atoms with van der Waals surface area (Å²) in [5.74, 6) is 0.346. The van der Waals surface area contributed by atoms with Crippen LogP contribution in [0.4, 0.5) is 29.3 Å². The van der Waals surface area contributed by atoms with Crippen LogP contribution in [0.2, 0.25) is 0 Å². The fourth-order valence-electron chi connectivity index (χ4n) is 3.07. The molecule has 4 nitrogen and oxygen atoms in total. The Bertz CT molecular complexity index is 863. The number of urea groups is 1. The van der Waals surface area contributed by atoms with E-state index in [9.17, 15) is 18.0 Å². The molecule has 2 N–H and O–H groups in total. The number of benzene rings is 2. The number of nitrogens with zero attached hydrogens (tertiary/aromatic N) is 1. The average Bonchev–Trinajstić information content (AvgIpc) is 2.70. The zero-order valence-electron chi connectivity index (χ0n) is 15.6. The molecule has 0 aliphatic carbocycles. The summed E-state index contributed by atoms with van der Waals surface area (Å²) < 4.78 is 39.7. The molecule has 0 aromatic heterocycles. The van der Waals surface area contributed by atoms with Gasteiger partial charge in [-0.2, -0.15) is 13.2 Å². The molecule has 0 atom stereocenters. The maximum Gasteiger partial charge on any atom is 0.416 e. The molecule has 0 saturated carbocycles. The monoisotopic (exact) mass is 443 g/mol. The molecule has 9 heteroatoms. The topological polar surface area (TPSA) is 44.4 Å². The Labute approximate surface area is 176 Å². The number of anilines is 2. The Balaban J connectivity index is 1.70. The van der Waals surface area contributed by atoms with Crippen molar-refractivity contribution in [2.24, 2.45) is 0 Å². The smallest absolute Gasteiger partial charge is 0.340 e. The molecule has 0 spiro atoms. The van der Waals surface area contributed by atoms with Crippen LogP contribution in [0.5, 0.6) is 0 Å². The summed E-state index contributed by atoms with van der Waals surface area (Å²) in [5.41, 5.74) is 0.812. The number of carbonyl (C=O) groups excluding carboxylic acids is 1. The number of halogens is 4. The molecule has 156 valence electrons. The first-order chi connectivity index (χ1) is 13.9. The highest BCUT2D eigenvalue weighted by molar-refractivity contribution is 7.99. The minimum absolute atomic E-state index is 0.273. The number of rotatable bonds is 7. The minimum atomic E-state index is -4.39. The van der Waals surface area contributed by atoms with Crippen molar-refractivity contribution in [1.82, 2.24) is 10.6 Å². The third kappa shape index (κ3) is 5.51. The largest absolute Gasteiger partial charge is 0.416 e. The number of amides is 2. The molecule has 0 fully saturated rings. The molecular formula is C20H21ClF3N3OS. The van der Waals surface area contributed by atoms with Crippen molar-refractivity contribution >= 4 is 40.8 Å². The number of hydrogen-bond acceptors (Lipinski definition) is 3. The van der Waals surface area contributed by atoms with E-state index in [1.807, 2.05) is 29.2 Å². The number of nitrogens with one attached hydrogen (secondary N) is 2. The zero-order chi connectivity index (χ0) is 20.9. The number of fused-ring (bicyclic) bond motifs is 2. The van der Waals surface area contributed by atoms with E-state index >= 15 is 0 Å². The van der Waals surface area contributed by atoms with Gasteiger partial charge in [0.1, 0.15) is 0 Å². The fourth-order valence-corrected chi connectivity index (χ4v) is 4.24. The van der Waals surface area contributed by atoms with Crippen molar-refractivity contribution in [2.45, 2.75) is 28.8 Å². The Morgan fingerprint density at radius 1 is 1.00 bits per heavy atom. The lowest BCUT2D eigenvalue weighted by molar-refractivity contribution is -0.137. The summed E-state index contributed by atoms with van der Waals surface area (Å²) in [6, 6.07) is 11.3. The van der Waals surface area contributed by atoms with Crippen molar-refractivity contribution in [1.29, 1.82) is 0 Å². The molecule has 2 aromatic carbocycles. The van der Waals surface area contributed by atoms with E-state index in [0.29, 0.717) is 44.0 Å². The molecule has 1 aliphatic heterocycles. The Morgan fingerprint density at radius 3 is 2.48 bits per heavy atom. The first-order valence-corrected chi connectivity index (χ1v) is 10.6. The third-order valence-electron chi connectivity index (χ3n) is 4.43. The second-order valence-electron chi connectivity index (χ2n) is 6.48. The van der Waals surface area contributed by atoms with Gasteiger partial charge in [0.15, 0.2) is 0 Å². The Kier molecular flexibility index (Phi) is 7.18. The highest BCUT2D eigenvalue weighted by Crippen LogP contribution is 2.49. The number of carbonyl (C=O) groups is 1. The lowest BCUT2D eigenvalue weighted by Crippen LogP contribution is -2.37. The van der Waals surface area contributed by atoms with Gasteiger partial charge in [-0.15, -0.1) is 11.6 Å². The molecule has 2 amide bonds. The van der Waals surface area contributed by atoms with Crippen LogP contribution in [0, 0.1) is 0 Å². The van der Waals surface area contributed by atoms with Gasteiger partial charge >= 0.3 is 12.2 Å². The molecule has 29 heavy (non-hydrogen) atoms. The van der Waals surface area contributed by atoms with Gasteiger partial charge in [-0.25, -0.2) is 4.79 Å². The fraction of sp³-hybridized carbons (Fsp3) is 0.350. The van der Waals surface area contributed by atoms with Gasteiger partial charge < -0.3 is 15.5 Å². The lowest BCUT2D eigenvalue weighted by Gasteiger charge is -2.33. The van der Waals surface area contributed by atoms with Gasteiger partial charge in [0.05, 0.1) is 16.9 Å². The van der Waals surface area contributed by atoms with Crippen molar-refractivity contribution < 1.29 is 18.0 Å². The van der Waals surface area contributed by atoms with E-state index in [1.165, 1.54) is 23.9 Å². The summed E-state index contributed by atoms with van der Waals surface area (Å²) in [6.45, 7) is 1.43. The van der Waals surface area contributed by atoms with Crippen LogP contribution >= 0.6 is 23.4 Å². The Hall–Kier alpha value is -2.06. The van der Waals surface area contributed by atoms with Crippen LogP contribution < -0.4 is 15.5 Å². The third-order valence-corrected chi connectivity index (χ3v) is 5.75. The zero-order valence-corrected chi connectivity index (χ0v) is 17.1. The normalized spacial score (nSPS) is 12.9. The van der Waals surface area contributed by atoms with Crippen molar-refractivity contribution in [3.05, 3.63) is 48.0 Å². The van der Waals surface area contributed by atoms with Gasteiger partial charge in [0.2, 0.25) is 0 Å². The summed E-state index contributed by atoms with van der Waals surface area (Å²) in [4.78, 5) is 15.3. The predicted octanol–water partition coefficient (Wildman–Crippen LogP) is 5.63. The van der Waals surface area contributed by atoms with Crippen molar-refractivity contribution in [3.63, 3.8) is 0 Å². The molecule has 0 unspecified atom stereocenters. The second kappa shape index (κ2) is 9.63. The van der Waals surface area contributed by atoms with E-state index in [1.54, 1.807) is 0 Å². The maximum atomic E-state index is 13.2. The molecular weight excluding hydrogens is 423 g/mol. The molecule has 2 aromatic rings. The molecule has 1 aliphatic rings. The lowest BCUT2D eigenvalue weighted by atomic mass is 10.1. The van der Waals surface area contributed by atoms with Crippen LogP contribution in [-0.2, 0) is 6.18 Å². The summed E-state index contributed by atoms with van der Waals surface area (Å²) in [5, 5.41) is 5.36. The molecule has 3 rings (SSSR count). The Morgan fingerprint density at radius 2 is 1.72 bits per heavy atom. The van der Waals surface area contributed by atoms with E-state index < -0.39 is 11.7 Å². The average molecular weight is 444 g/mol. The molecule has 0 saturated heterocycles. The number of hydrogen-bond donors (Lipinski definition) is 2. The van der Waals surface area contributed by atoms with Crippen molar-refractivity contribution in [3.8, 4) is 0 Å². The van der Waals surface area contributed by atoms with Gasteiger partial charge in [-0.3, -0.25) is 0 Å². The quantitative estimate of drug-likeness (QED) is 0.431. The SMILES string of the molecule is O=C(NCCCl)NCCCCN1c2ccccc2Sc2ccc(C(F)(F)F)cc21. The second-order valence-corrected chi connectivity index (χ2v) is 7.94. The summed E-state index contributed by atoms with van der Waals surface area (Å²) in [7, 11) is 0. The standard InChI is InChI=1S/C20H21ClF3N3OS/c21-9-11-26-19(28)25-10-3-4-12-27-15-5-1-2-6-17(15)29-18-8-7-14(13-16(18)27)20(22,23)24/h1-2,5-8,13H,3-4,9-12H2,(H2,25,26,28). The number of alkyl halides is 4. The first kappa shape index (κ1) is 21.6. The van der Waals surface area contributed by atoms with E-state index in [0.717, 1.165) is 21.5 Å². The van der Waals surface area contributed by atoms with Crippen molar-refractivity contribution in [2.75, 3.05) is 30.4 Å². The van der Waals surface area contributed by atoms with E-state index in [2.05, 4.69) is 10.6 Å². The van der Waals surface area contributed by atoms with Crippen LogP contribution in [0.1, 0.15) is 18.4 Å². The maximum absolute atomic E-state index is 13.2. The van der Waals surface area contributed by atoms with Gasteiger partial charge in [-0.05, 0) is 43.2 Å². The molecule has 1 heterocycles. The number of para-hydroxylation sites is 1. The van der Waals surface area contributed by atoms with Crippen LogP contribution in [0.15, 0.2) is 52.3 Å². The van der Waals surface area contributed by atoms with E-state index in [4.69, 9.17) is 11.6 Å². The van der Waals surface area contributed by atoms with Gasteiger partial charge in [0, 0.05) is 35.3 Å². The number of unbranched alkanes of at least 4 members (excludes halogenated alkanes) is 1. The highest BCUT2D eigenvalue weighted by atomic mass is 35.5. The van der Waals surface area contributed by atoms with Crippen LogP contribution in [0.25, 0.3) is 0 Å². The first-order valence-electron chi connectivity index (χ1n) is 9.23.